The van der Waals surface area contributed by atoms with Gasteiger partial charge in [0.05, 0.1) is 0 Å². The van der Waals surface area contributed by atoms with E-state index in [1.165, 1.54) is 0 Å². The SMILES string of the molecule is CC(C=O)CCCBr. The maximum Gasteiger partial charge on any atom is 0.122 e. The van der Waals surface area contributed by atoms with Crippen LogP contribution in [0.3, 0.4) is 0 Å². The minimum absolute atomic E-state index is 0.243. The maximum absolute atomic E-state index is 10.00. The molecule has 0 aliphatic carbocycles. The van der Waals surface area contributed by atoms with Crippen LogP contribution in [0.1, 0.15) is 19.8 Å². The molecule has 48 valence electrons. The summed E-state index contributed by atoms with van der Waals surface area (Å²) in [5.74, 6) is 0.243. The quantitative estimate of drug-likeness (QED) is 0.476. The van der Waals surface area contributed by atoms with Crippen molar-refractivity contribution >= 4 is 22.2 Å². The third-order valence-corrected chi connectivity index (χ3v) is 1.59. The Morgan fingerprint density at radius 2 is 2.38 bits per heavy atom. The van der Waals surface area contributed by atoms with Crippen molar-refractivity contribution in [3.63, 3.8) is 0 Å². The Balaban J connectivity index is 2.98. The van der Waals surface area contributed by atoms with Crippen LogP contribution in [0, 0.1) is 5.92 Å². The molecule has 0 aromatic rings. The standard InChI is InChI=1S/C6H11BrO/c1-6(5-8)3-2-4-7/h5-6H,2-4H2,1H3. The molecule has 0 amide bonds. The summed E-state index contributed by atoms with van der Waals surface area (Å²) in [4.78, 5) is 10.00. The smallest absolute Gasteiger partial charge is 0.122 e. The molecule has 0 N–H and O–H groups in total. The number of hydrogen-bond acceptors (Lipinski definition) is 1. The first-order valence-corrected chi connectivity index (χ1v) is 3.94. The van der Waals surface area contributed by atoms with Gasteiger partial charge in [-0.05, 0) is 12.8 Å². The van der Waals surface area contributed by atoms with Crippen molar-refractivity contribution in [1.29, 1.82) is 0 Å². The van der Waals surface area contributed by atoms with Crippen LogP contribution in [0.15, 0.2) is 0 Å². The molecule has 0 bridgehead atoms. The fourth-order valence-electron chi connectivity index (χ4n) is 0.467. The summed E-state index contributed by atoms with van der Waals surface area (Å²) in [6.07, 6.45) is 3.11. The number of halogens is 1. The summed E-state index contributed by atoms with van der Waals surface area (Å²) >= 11 is 3.29. The molecular formula is C6H11BrO. The molecule has 0 radical (unpaired) electrons. The van der Waals surface area contributed by atoms with E-state index in [0.717, 1.165) is 24.5 Å². The lowest BCUT2D eigenvalue weighted by Crippen LogP contribution is -1.94. The highest BCUT2D eigenvalue weighted by Crippen LogP contribution is 2.02. The van der Waals surface area contributed by atoms with E-state index in [2.05, 4.69) is 15.9 Å². The summed E-state index contributed by atoms with van der Waals surface area (Å²) < 4.78 is 0. The second-order valence-electron chi connectivity index (χ2n) is 1.94. The largest absolute Gasteiger partial charge is 0.303 e. The number of hydrogen-bond donors (Lipinski definition) is 0. The van der Waals surface area contributed by atoms with Gasteiger partial charge in [-0.2, -0.15) is 0 Å². The van der Waals surface area contributed by atoms with Crippen LogP contribution in [-0.2, 0) is 4.79 Å². The Bertz CT molecular complexity index is 63.5. The third kappa shape index (κ3) is 4.31. The summed E-state index contributed by atoms with van der Waals surface area (Å²) in [5.41, 5.74) is 0. The first-order chi connectivity index (χ1) is 3.81. The lowest BCUT2D eigenvalue weighted by Gasteiger charge is -1.97. The van der Waals surface area contributed by atoms with Gasteiger partial charge in [-0.3, -0.25) is 0 Å². The van der Waals surface area contributed by atoms with Crippen LogP contribution in [-0.4, -0.2) is 11.6 Å². The topological polar surface area (TPSA) is 17.1 Å². The molecule has 8 heavy (non-hydrogen) atoms. The molecular weight excluding hydrogens is 168 g/mol. The first-order valence-electron chi connectivity index (χ1n) is 2.82. The molecule has 0 aliphatic rings. The van der Waals surface area contributed by atoms with Gasteiger partial charge in [-0.25, -0.2) is 0 Å². The Hall–Kier alpha value is 0.150. The predicted octanol–water partition coefficient (Wildman–Crippen LogP) is 2.00. The molecule has 0 saturated carbocycles. The fraction of sp³-hybridized carbons (Fsp3) is 0.833. The molecule has 0 rings (SSSR count). The minimum Gasteiger partial charge on any atom is -0.303 e. The van der Waals surface area contributed by atoms with Crippen LogP contribution >= 0.6 is 15.9 Å². The minimum atomic E-state index is 0.243. The van der Waals surface area contributed by atoms with Crippen LogP contribution in [0.2, 0.25) is 0 Å². The highest BCUT2D eigenvalue weighted by molar-refractivity contribution is 9.09. The van der Waals surface area contributed by atoms with E-state index in [-0.39, 0.29) is 5.92 Å². The highest BCUT2D eigenvalue weighted by Gasteiger charge is 1.95. The fourth-order valence-corrected chi connectivity index (χ4v) is 0.791. The van der Waals surface area contributed by atoms with Crippen molar-refractivity contribution in [1.82, 2.24) is 0 Å². The van der Waals surface area contributed by atoms with Gasteiger partial charge in [0.15, 0.2) is 0 Å². The summed E-state index contributed by atoms with van der Waals surface area (Å²) in [6.45, 7) is 1.94. The van der Waals surface area contributed by atoms with E-state index in [1.54, 1.807) is 0 Å². The van der Waals surface area contributed by atoms with Gasteiger partial charge in [0.2, 0.25) is 0 Å². The van der Waals surface area contributed by atoms with Crippen molar-refractivity contribution in [3.8, 4) is 0 Å². The average Bonchev–Trinajstić information content (AvgIpc) is 1.83. The predicted molar refractivity (Wildman–Crippen MR) is 38.3 cm³/mol. The zero-order valence-corrected chi connectivity index (χ0v) is 6.65. The molecule has 1 atom stereocenters. The normalized spacial score (nSPS) is 13.2. The number of rotatable bonds is 4. The van der Waals surface area contributed by atoms with Crippen molar-refractivity contribution < 1.29 is 4.79 Å². The maximum atomic E-state index is 10.00. The summed E-state index contributed by atoms with van der Waals surface area (Å²) in [5, 5.41) is 1.01. The molecule has 0 aliphatic heterocycles. The van der Waals surface area contributed by atoms with Gasteiger partial charge in [0, 0.05) is 11.2 Å². The van der Waals surface area contributed by atoms with E-state index in [9.17, 15) is 4.79 Å². The average molecular weight is 179 g/mol. The van der Waals surface area contributed by atoms with E-state index < -0.39 is 0 Å². The monoisotopic (exact) mass is 178 g/mol. The van der Waals surface area contributed by atoms with Gasteiger partial charge in [-0.15, -0.1) is 0 Å². The van der Waals surface area contributed by atoms with Gasteiger partial charge >= 0.3 is 0 Å². The zero-order valence-electron chi connectivity index (χ0n) is 5.06. The molecule has 1 unspecified atom stereocenters. The van der Waals surface area contributed by atoms with E-state index in [1.807, 2.05) is 6.92 Å². The summed E-state index contributed by atoms with van der Waals surface area (Å²) in [7, 11) is 0. The highest BCUT2D eigenvalue weighted by atomic mass is 79.9. The Morgan fingerprint density at radius 3 is 2.75 bits per heavy atom. The Labute approximate surface area is 58.6 Å². The Morgan fingerprint density at radius 1 is 1.75 bits per heavy atom. The van der Waals surface area contributed by atoms with Crippen molar-refractivity contribution in [3.05, 3.63) is 0 Å². The van der Waals surface area contributed by atoms with E-state index in [0.29, 0.717) is 0 Å². The molecule has 2 heteroatoms. The molecule has 0 aromatic heterocycles. The van der Waals surface area contributed by atoms with E-state index in [4.69, 9.17) is 0 Å². The lowest BCUT2D eigenvalue weighted by atomic mass is 10.1. The number of alkyl halides is 1. The third-order valence-electron chi connectivity index (χ3n) is 1.03. The molecule has 0 spiro atoms. The van der Waals surface area contributed by atoms with Crippen LogP contribution < -0.4 is 0 Å². The van der Waals surface area contributed by atoms with Crippen molar-refractivity contribution in [2.75, 3.05) is 5.33 Å². The van der Waals surface area contributed by atoms with Crippen molar-refractivity contribution in [2.45, 2.75) is 19.8 Å². The zero-order chi connectivity index (χ0) is 6.41. The van der Waals surface area contributed by atoms with Crippen LogP contribution in [0.4, 0.5) is 0 Å². The first kappa shape index (κ1) is 8.15. The second kappa shape index (κ2) is 5.29. The van der Waals surface area contributed by atoms with Crippen molar-refractivity contribution in [2.24, 2.45) is 5.92 Å². The van der Waals surface area contributed by atoms with E-state index >= 15 is 0 Å². The van der Waals surface area contributed by atoms with Gasteiger partial charge in [-0.1, -0.05) is 22.9 Å². The number of carbonyl (C=O) groups is 1. The summed E-state index contributed by atoms with van der Waals surface area (Å²) in [6, 6.07) is 0. The Kier molecular flexibility index (Phi) is 5.39. The van der Waals surface area contributed by atoms with Crippen LogP contribution in [0.25, 0.3) is 0 Å². The molecule has 0 heterocycles. The lowest BCUT2D eigenvalue weighted by molar-refractivity contribution is -0.110. The van der Waals surface area contributed by atoms with Gasteiger partial charge in [0.1, 0.15) is 6.29 Å². The van der Waals surface area contributed by atoms with Crippen LogP contribution in [0.5, 0.6) is 0 Å². The van der Waals surface area contributed by atoms with Gasteiger partial charge < -0.3 is 4.79 Å². The number of carbonyl (C=O) groups excluding carboxylic acids is 1. The molecule has 1 nitrogen and oxygen atoms in total. The molecule has 0 saturated heterocycles. The molecule has 0 aromatic carbocycles. The molecule has 0 fully saturated rings. The second-order valence-corrected chi connectivity index (χ2v) is 2.74. The number of aldehydes is 1. The van der Waals surface area contributed by atoms with Gasteiger partial charge in [0.25, 0.3) is 0 Å².